The molecule has 9 nitrogen and oxygen atoms in total. The van der Waals surface area contributed by atoms with E-state index < -0.39 is 5.92 Å². The molecule has 1 aromatic carbocycles. The maximum absolute atomic E-state index is 13.1. The molecule has 10 heteroatoms. The number of hydrogen-bond donors (Lipinski definition) is 2. The molecule has 0 aliphatic carbocycles. The van der Waals surface area contributed by atoms with Crippen molar-refractivity contribution in [3.8, 4) is 0 Å². The van der Waals surface area contributed by atoms with Gasteiger partial charge in [-0.25, -0.2) is 19.0 Å². The molecule has 2 amide bonds. The first-order valence-corrected chi connectivity index (χ1v) is 10.3. The molecule has 0 spiro atoms. The Morgan fingerprint density at radius 3 is 2.81 bits per heavy atom. The molecule has 1 fully saturated rings. The normalized spacial score (nSPS) is 16.1. The van der Waals surface area contributed by atoms with Crippen molar-refractivity contribution in [3.63, 3.8) is 0 Å². The summed E-state index contributed by atoms with van der Waals surface area (Å²) in [5, 5.41) is 11.3. The molecule has 3 heterocycles. The minimum absolute atomic E-state index is 0.133. The largest absolute Gasteiger partial charge is 0.369 e. The average Bonchev–Trinajstić information content (AvgIpc) is 3.37. The lowest BCUT2D eigenvalue weighted by Crippen LogP contribution is -2.35. The number of fused-ring (bicyclic) bond motifs is 1. The van der Waals surface area contributed by atoms with E-state index in [1.165, 1.54) is 23.4 Å². The lowest BCUT2D eigenvalue weighted by molar-refractivity contribution is -0.126. The molecule has 1 atom stereocenters. The molecule has 0 saturated carbocycles. The summed E-state index contributed by atoms with van der Waals surface area (Å²) in [5.74, 6) is -0.399. The highest BCUT2D eigenvalue weighted by atomic mass is 19.1. The number of amides is 2. The fourth-order valence-electron chi connectivity index (χ4n) is 3.62. The Labute approximate surface area is 178 Å². The Morgan fingerprint density at radius 1 is 1.23 bits per heavy atom. The van der Waals surface area contributed by atoms with Crippen LogP contribution < -0.4 is 15.5 Å². The summed E-state index contributed by atoms with van der Waals surface area (Å²) in [6.07, 6.45) is 4.32. The van der Waals surface area contributed by atoms with Gasteiger partial charge in [0, 0.05) is 31.7 Å². The number of rotatable bonds is 8. The van der Waals surface area contributed by atoms with Crippen molar-refractivity contribution in [1.82, 2.24) is 25.1 Å². The van der Waals surface area contributed by atoms with E-state index in [0.717, 1.165) is 24.2 Å². The fourth-order valence-corrected chi connectivity index (χ4v) is 3.62. The highest BCUT2D eigenvalue weighted by Crippen LogP contribution is 2.25. The number of aromatic nitrogens is 4. The maximum Gasteiger partial charge on any atom is 0.227 e. The second kappa shape index (κ2) is 9.07. The quantitative estimate of drug-likeness (QED) is 0.572. The van der Waals surface area contributed by atoms with Crippen molar-refractivity contribution >= 4 is 34.4 Å². The number of nitrogens with one attached hydrogen (secondary N) is 2. The minimum atomic E-state index is -0.445. The number of carbonyl (C=O) groups excluding carboxylic acids is 2. The topological polar surface area (TPSA) is 105 Å². The zero-order valence-electron chi connectivity index (χ0n) is 17.2. The molecule has 2 aromatic heterocycles. The summed E-state index contributed by atoms with van der Waals surface area (Å²) in [6, 6.07) is 5.69. The van der Waals surface area contributed by atoms with E-state index in [4.69, 9.17) is 0 Å². The van der Waals surface area contributed by atoms with Gasteiger partial charge in [0.15, 0.2) is 5.65 Å². The number of carbonyl (C=O) groups is 2. The Bertz CT molecular complexity index is 1080. The highest BCUT2D eigenvalue weighted by Gasteiger charge is 2.35. The van der Waals surface area contributed by atoms with Gasteiger partial charge >= 0.3 is 0 Å². The van der Waals surface area contributed by atoms with Crippen LogP contribution in [0, 0.1) is 11.7 Å². The fraction of sp³-hybridized carbons (Fsp3) is 0.381. The van der Waals surface area contributed by atoms with Gasteiger partial charge in [0.2, 0.25) is 11.8 Å². The van der Waals surface area contributed by atoms with E-state index in [2.05, 4.69) is 32.6 Å². The lowest BCUT2D eigenvalue weighted by atomic mass is 10.1. The van der Waals surface area contributed by atoms with Gasteiger partial charge in [-0.3, -0.25) is 9.59 Å². The molecule has 0 radical (unpaired) electrons. The van der Waals surface area contributed by atoms with E-state index in [1.54, 1.807) is 23.0 Å². The predicted molar refractivity (Wildman–Crippen MR) is 114 cm³/mol. The zero-order chi connectivity index (χ0) is 21.8. The van der Waals surface area contributed by atoms with Gasteiger partial charge in [-0.2, -0.15) is 5.10 Å². The number of nitrogens with zero attached hydrogens (tertiary/aromatic N) is 5. The molecular formula is C21H24FN7O2. The number of hydrogen-bond acceptors (Lipinski definition) is 6. The predicted octanol–water partition coefficient (Wildman–Crippen LogP) is 1.96. The van der Waals surface area contributed by atoms with Gasteiger partial charge in [-0.15, -0.1) is 0 Å². The molecule has 1 saturated heterocycles. The van der Waals surface area contributed by atoms with E-state index in [0.29, 0.717) is 24.4 Å². The third-order valence-corrected chi connectivity index (χ3v) is 5.23. The average molecular weight is 425 g/mol. The highest BCUT2D eigenvalue weighted by molar-refractivity contribution is 6.00. The molecule has 2 N–H and O–H groups in total. The molecular weight excluding hydrogens is 401 g/mol. The Kier molecular flexibility index (Phi) is 6.06. The van der Waals surface area contributed by atoms with Gasteiger partial charge in [0.1, 0.15) is 18.0 Å². The van der Waals surface area contributed by atoms with Crippen molar-refractivity contribution < 1.29 is 14.0 Å². The molecule has 0 bridgehead atoms. The van der Waals surface area contributed by atoms with Gasteiger partial charge < -0.3 is 15.5 Å². The van der Waals surface area contributed by atoms with Crippen LogP contribution >= 0.6 is 0 Å². The van der Waals surface area contributed by atoms with Crippen LogP contribution in [0.4, 0.5) is 15.9 Å². The summed E-state index contributed by atoms with van der Waals surface area (Å²) in [5.41, 5.74) is 1.29. The summed E-state index contributed by atoms with van der Waals surface area (Å²) in [6.45, 7) is 3.97. The Hall–Kier alpha value is -3.56. The van der Waals surface area contributed by atoms with Gasteiger partial charge in [-0.1, -0.05) is 6.92 Å². The smallest absolute Gasteiger partial charge is 0.227 e. The van der Waals surface area contributed by atoms with E-state index in [1.807, 2.05) is 0 Å². The van der Waals surface area contributed by atoms with E-state index >= 15 is 0 Å². The first kappa shape index (κ1) is 20.7. The van der Waals surface area contributed by atoms with Crippen LogP contribution in [0.15, 0.2) is 36.8 Å². The molecule has 162 valence electrons. The summed E-state index contributed by atoms with van der Waals surface area (Å²) < 4.78 is 14.8. The lowest BCUT2D eigenvalue weighted by Gasteiger charge is -2.16. The molecule has 1 aliphatic rings. The SMILES string of the molecule is CCCNc1ncnc2c1cnn2CCNC(=O)C1CC(=O)N(c2ccc(F)cc2)C1. The van der Waals surface area contributed by atoms with Crippen LogP contribution in [0.2, 0.25) is 0 Å². The van der Waals surface area contributed by atoms with Crippen molar-refractivity contribution in [1.29, 1.82) is 0 Å². The van der Waals surface area contributed by atoms with Crippen molar-refractivity contribution in [2.45, 2.75) is 26.3 Å². The van der Waals surface area contributed by atoms with Crippen LogP contribution in [0.3, 0.4) is 0 Å². The van der Waals surface area contributed by atoms with Crippen LogP contribution in [-0.2, 0) is 16.1 Å². The third kappa shape index (κ3) is 4.47. The van der Waals surface area contributed by atoms with Gasteiger partial charge in [-0.05, 0) is 30.7 Å². The molecule has 1 unspecified atom stereocenters. The second-order valence-corrected chi connectivity index (χ2v) is 7.43. The minimum Gasteiger partial charge on any atom is -0.369 e. The van der Waals surface area contributed by atoms with Crippen molar-refractivity contribution in [3.05, 3.63) is 42.6 Å². The molecule has 1 aliphatic heterocycles. The maximum atomic E-state index is 13.1. The van der Waals surface area contributed by atoms with E-state index in [-0.39, 0.29) is 30.6 Å². The first-order chi connectivity index (χ1) is 15.1. The Morgan fingerprint density at radius 2 is 2.03 bits per heavy atom. The summed E-state index contributed by atoms with van der Waals surface area (Å²) in [4.78, 5) is 35.0. The molecule has 3 aromatic rings. The standard InChI is InChI=1S/C21H24FN7O2/c1-2-7-23-19-17-11-27-29(20(17)26-13-25-19)9-8-24-21(31)14-10-18(30)28(12-14)16-5-3-15(22)4-6-16/h3-6,11,13-14H,2,7-10,12H2,1H3,(H,24,31)(H,23,25,26). The van der Waals surface area contributed by atoms with Crippen LogP contribution in [0.1, 0.15) is 19.8 Å². The Balaban J connectivity index is 1.33. The zero-order valence-corrected chi connectivity index (χ0v) is 17.2. The van der Waals surface area contributed by atoms with Crippen molar-refractivity contribution in [2.24, 2.45) is 5.92 Å². The van der Waals surface area contributed by atoms with Crippen LogP contribution in [0.25, 0.3) is 11.0 Å². The molecule has 31 heavy (non-hydrogen) atoms. The van der Waals surface area contributed by atoms with Crippen molar-refractivity contribution in [2.75, 3.05) is 29.9 Å². The number of benzene rings is 1. The molecule has 4 rings (SSSR count). The summed E-state index contributed by atoms with van der Waals surface area (Å²) in [7, 11) is 0. The van der Waals surface area contributed by atoms with Gasteiger partial charge in [0.05, 0.1) is 24.0 Å². The summed E-state index contributed by atoms with van der Waals surface area (Å²) >= 11 is 0. The first-order valence-electron chi connectivity index (χ1n) is 10.3. The third-order valence-electron chi connectivity index (χ3n) is 5.23. The van der Waals surface area contributed by atoms with E-state index in [9.17, 15) is 14.0 Å². The number of halogens is 1. The van der Waals surface area contributed by atoms with Crippen LogP contribution in [0.5, 0.6) is 0 Å². The van der Waals surface area contributed by atoms with Crippen LogP contribution in [-0.4, -0.2) is 51.2 Å². The second-order valence-electron chi connectivity index (χ2n) is 7.43. The monoisotopic (exact) mass is 425 g/mol. The van der Waals surface area contributed by atoms with Gasteiger partial charge in [0.25, 0.3) is 0 Å². The number of anilines is 2.